The first-order valence-electron chi connectivity index (χ1n) is 8.88. The number of ether oxygens (including phenoxy) is 1. The van der Waals surface area contributed by atoms with Gasteiger partial charge >= 0.3 is 18.0 Å². The van der Waals surface area contributed by atoms with Crippen LogP contribution in [0, 0.1) is 11.3 Å². The summed E-state index contributed by atoms with van der Waals surface area (Å²) in [6.45, 7) is 8.49. The number of nitrogens with one attached hydrogen (secondary N) is 2. The highest BCUT2D eigenvalue weighted by molar-refractivity contribution is 6.19. The second-order valence-corrected chi connectivity index (χ2v) is 6.41. The first kappa shape index (κ1) is 23.5. The molecule has 1 unspecified atom stereocenters. The van der Waals surface area contributed by atoms with Crippen molar-refractivity contribution in [3.8, 4) is 5.75 Å². The summed E-state index contributed by atoms with van der Waals surface area (Å²) in [6, 6.07) is 5.23. The van der Waals surface area contributed by atoms with E-state index in [1.54, 1.807) is 12.1 Å². The molecule has 0 saturated carbocycles. The van der Waals surface area contributed by atoms with Gasteiger partial charge in [0.05, 0.1) is 0 Å². The Morgan fingerprint density at radius 2 is 1.76 bits per heavy atom. The number of aromatic carboxylic acids is 1. The monoisotopic (exact) mass is 404 g/mol. The van der Waals surface area contributed by atoms with Crippen molar-refractivity contribution in [2.75, 3.05) is 0 Å². The van der Waals surface area contributed by atoms with Gasteiger partial charge in [-0.1, -0.05) is 38.5 Å². The smallest absolute Gasteiger partial charge is 0.339 e. The lowest BCUT2D eigenvalue weighted by Crippen LogP contribution is -2.64. The van der Waals surface area contributed by atoms with Crippen LogP contribution in [-0.2, 0) is 14.4 Å². The highest BCUT2D eigenvalue weighted by Crippen LogP contribution is 2.36. The van der Waals surface area contributed by atoms with Crippen LogP contribution in [0.2, 0.25) is 0 Å². The lowest BCUT2D eigenvalue weighted by atomic mass is 9.70. The van der Waals surface area contributed by atoms with Crippen LogP contribution < -0.4 is 15.4 Å². The van der Waals surface area contributed by atoms with E-state index < -0.39 is 35.2 Å². The Bertz CT molecular complexity index is 812. The molecule has 0 bridgehead atoms. The number of carbonyl (C=O) groups excluding carboxylic acids is 4. The number of carboxylic acids is 1. The Hall–Kier alpha value is -3.49. The first-order chi connectivity index (χ1) is 13.6. The largest absolute Gasteiger partial charge is 0.478 e. The number of barbiturate groups is 1. The molecule has 1 aromatic carbocycles. The van der Waals surface area contributed by atoms with Gasteiger partial charge in [-0.3, -0.25) is 25.0 Å². The molecule has 9 nitrogen and oxygen atoms in total. The van der Waals surface area contributed by atoms with E-state index in [1.165, 1.54) is 25.1 Å². The summed E-state index contributed by atoms with van der Waals surface area (Å²) in [5.41, 5.74) is -1.22. The van der Waals surface area contributed by atoms with E-state index >= 15 is 0 Å². The predicted octanol–water partition coefficient (Wildman–Crippen LogP) is 2.27. The van der Waals surface area contributed by atoms with E-state index in [1.807, 2.05) is 13.8 Å². The third kappa shape index (κ3) is 5.50. The second kappa shape index (κ2) is 10.2. The Morgan fingerprint density at radius 3 is 2.21 bits per heavy atom. The lowest BCUT2D eigenvalue weighted by molar-refractivity contribution is -0.148. The molecule has 156 valence electrons. The van der Waals surface area contributed by atoms with E-state index in [2.05, 4.69) is 21.9 Å². The van der Waals surface area contributed by atoms with Gasteiger partial charge in [0.1, 0.15) is 16.7 Å². The Labute approximate surface area is 168 Å². The number of hydrogen-bond acceptors (Lipinski definition) is 6. The summed E-state index contributed by atoms with van der Waals surface area (Å²) in [6.07, 6.45) is 2.43. The Kier molecular flexibility index (Phi) is 8.25. The van der Waals surface area contributed by atoms with Gasteiger partial charge in [0.15, 0.2) is 0 Å². The topological polar surface area (TPSA) is 139 Å². The number of carbonyl (C=O) groups is 5. The van der Waals surface area contributed by atoms with Crippen molar-refractivity contribution in [3.05, 3.63) is 42.5 Å². The molecule has 2 rings (SSSR count). The number of urea groups is 1. The minimum absolute atomic E-state index is 0.0160. The molecule has 0 radical (unpaired) electrons. The Balaban J connectivity index is 0.000000296. The van der Waals surface area contributed by atoms with Gasteiger partial charge in [0.25, 0.3) is 0 Å². The fraction of sp³-hybridized carbons (Fsp3) is 0.350. The summed E-state index contributed by atoms with van der Waals surface area (Å²) in [7, 11) is 0. The van der Waals surface area contributed by atoms with Crippen molar-refractivity contribution in [1.82, 2.24) is 10.6 Å². The standard InChI is InChI=1S/C11H16N2O3.C9H8O4/c1-4-6-11(7(3)5-2)8(14)12-10(16)13-9(11)15;1-6(10)13-8-5-3-2-4-7(8)9(11)12/h4,7H,1,5-6H2,2-3H3,(H2,12,13,14,15,16);2-5H,1H3,(H,11,12). The molecule has 0 aromatic heterocycles. The van der Waals surface area contributed by atoms with Gasteiger partial charge < -0.3 is 9.84 Å². The molecule has 29 heavy (non-hydrogen) atoms. The maximum Gasteiger partial charge on any atom is 0.339 e. The molecule has 1 heterocycles. The van der Waals surface area contributed by atoms with Crippen LogP contribution >= 0.6 is 0 Å². The fourth-order valence-corrected chi connectivity index (χ4v) is 2.86. The molecule has 1 fully saturated rings. The third-order valence-electron chi connectivity index (χ3n) is 4.56. The van der Waals surface area contributed by atoms with Gasteiger partial charge in [-0.05, 0) is 24.5 Å². The van der Waals surface area contributed by atoms with Crippen LogP contribution in [0.25, 0.3) is 0 Å². The molecule has 1 aliphatic heterocycles. The van der Waals surface area contributed by atoms with Gasteiger partial charge in [-0.15, -0.1) is 6.58 Å². The van der Waals surface area contributed by atoms with E-state index in [4.69, 9.17) is 5.11 Å². The highest BCUT2D eigenvalue weighted by Gasteiger charge is 2.52. The number of hydrogen-bond donors (Lipinski definition) is 3. The zero-order chi connectivity index (χ0) is 22.2. The predicted molar refractivity (Wildman–Crippen MR) is 103 cm³/mol. The average Bonchev–Trinajstić information content (AvgIpc) is 2.64. The van der Waals surface area contributed by atoms with Crippen LogP contribution in [0.15, 0.2) is 36.9 Å². The van der Waals surface area contributed by atoms with Crippen molar-refractivity contribution in [2.24, 2.45) is 11.3 Å². The number of esters is 1. The lowest BCUT2D eigenvalue weighted by Gasteiger charge is -2.37. The van der Waals surface area contributed by atoms with Crippen molar-refractivity contribution in [1.29, 1.82) is 0 Å². The quantitative estimate of drug-likeness (QED) is 0.286. The van der Waals surface area contributed by atoms with Gasteiger partial charge in [-0.25, -0.2) is 9.59 Å². The zero-order valence-electron chi connectivity index (χ0n) is 16.5. The number of allylic oxidation sites excluding steroid dienone is 1. The van der Waals surface area contributed by atoms with Crippen molar-refractivity contribution < 1.29 is 33.8 Å². The zero-order valence-corrected chi connectivity index (χ0v) is 16.5. The summed E-state index contributed by atoms with van der Waals surface area (Å²) in [5, 5.41) is 13.0. The number of para-hydroxylation sites is 1. The molecular weight excluding hydrogens is 380 g/mol. The molecule has 0 spiro atoms. The third-order valence-corrected chi connectivity index (χ3v) is 4.56. The molecule has 1 aromatic rings. The Morgan fingerprint density at radius 1 is 1.21 bits per heavy atom. The number of rotatable bonds is 6. The maximum atomic E-state index is 11.9. The number of benzene rings is 1. The summed E-state index contributed by atoms with van der Waals surface area (Å²) >= 11 is 0. The molecule has 1 aliphatic rings. The van der Waals surface area contributed by atoms with Gasteiger partial charge in [0, 0.05) is 6.92 Å². The van der Waals surface area contributed by atoms with Crippen LogP contribution in [0.5, 0.6) is 5.75 Å². The van der Waals surface area contributed by atoms with Crippen LogP contribution in [0.1, 0.15) is 44.0 Å². The summed E-state index contributed by atoms with van der Waals surface area (Å²) < 4.78 is 4.69. The molecule has 3 N–H and O–H groups in total. The molecule has 9 heteroatoms. The van der Waals surface area contributed by atoms with Gasteiger partial charge in [0.2, 0.25) is 11.8 Å². The molecule has 0 aliphatic carbocycles. The minimum atomic E-state index is -1.20. The summed E-state index contributed by atoms with van der Waals surface area (Å²) in [4.78, 5) is 56.0. The van der Waals surface area contributed by atoms with Crippen molar-refractivity contribution >= 4 is 29.8 Å². The van der Waals surface area contributed by atoms with E-state index in [0.717, 1.165) is 0 Å². The molecule has 1 saturated heterocycles. The molecule has 4 amide bonds. The number of imide groups is 2. The van der Waals surface area contributed by atoms with Crippen LogP contribution in [0.4, 0.5) is 4.79 Å². The number of carboxylic acid groups (broad SMARTS) is 1. The normalized spacial score (nSPS) is 15.8. The maximum absolute atomic E-state index is 11.9. The van der Waals surface area contributed by atoms with Crippen LogP contribution in [0.3, 0.4) is 0 Å². The second-order valence-electron chi connectivity index (χ2n) is 6.41. The first-order valence-corrected chi connectivity index (χ1v) is 8.88. The van der Waals surface area contributed by atoms with Crippen molar-refractivity contribution in [2.45, 2.75) is 33.6 Å². The van der Waals surface area contributed by atoms with Crippen molar-refractivity contribution in [3.63, 3.8) is 0 Å². The number of amides is 4. The van der Waals surface area contributed by atoms with E-state index in [9.17, 15) is 24.0 Å². The van der Waals surface area contributed by atoms with Gasteiger partial charge in [-0.2, -0.15) is 0 Å². The van der Waals surface area contributed by atoms with E-state index in [0.29, 0.717) is 6.42 Å². The average molecular weight is 404 g/mol. The molecule has 1 atom stereocenters. The minimum Gasteiger partial charge on any atom is -0.478 e. The van der Waals surface area contributed by atoms with Crippen LogP contribution in [-0.4, -0.2) is 34.9 Å². The summed E-state index contributed by atoms with van der Waals surface area (Å²) in [5.74, 6) is -2.79. The highest BCUT2D eigenvalue weighted by atomic mass is 16.5. The molecular formula is C20H24N2O7. The SMILES string of the molecule is C=CCC1(C(C)CC)C(=O)NC(=O)NC1=O.CC(=O)Oc1ccccc1C(=O)O. The fourth-order valence-electron chi connectivity index (χ4n) is 2.86. The van der Waals surface area contributed by atoms with E-state index in [-0.39, 0.29) is 23.7 Å².